The highest BCUT2D eigenvalue weighted by molar-refractivity contribution is 5.78. The fraction of sp³-hybridized carbons (Fsp3) is 0.917. The zero-order valence-corrected chi connectivity index (χ0v) is 10.7. The van der Waals surface area contributed by atoms with Crippen LogP contribution in [0, 0.1) is 11.8 Å². The zero-order valence-electron chi connectivity index (χ0n) is 10.7. The minimum Gasteiger partial charge on any atom is -0.384 e. The minimum absolute atomic E-state index is 0.223. The minimum atomic E-state index is 0.223. The molecule has 1 aliphatic heterocycles. The van der Waals surface area contributed by atoms with Gasteiger partial charge in [-0.2, -0.15) is 0 Å². The van der Waals surface area contributed by atoms with Crippen LogP contribution in [0.4, 0.5) is 0 Å². The number of nitrogens with one attached hydrogen (secondary N) is 1. The van der Waals surface area contributed by atoms with Crippen molar-refractivity contribution < 1.29 is 9.53 Å². The Labute approximate surface area is 98.3 Å². The van der Waals surface area contributed by atoms with Crippen molar-refractivity contribution >= 4 is 5.91 Å². The van der Waals surface area contributed by atoms with Gasteiger partial charge in [0, 0.05) is 26.8 Å². The van der Waals surface area contributed by atoms with Crippen molar-refractivity contribution in [2.24, 2.45) is 11.8 Å². The molecule has 0 aromatic rings. The quantitative estimate of drug-likeness (QED) is 0.754. The SMILES string of the molecule is CNCC(=O)N1CCC(C(C)COC)CC1. The number of nitrogens with zero attached hydrogens (tertiary/aromatic N) is 1. The van der Waals surface area contributed by atoms with Crippen LogP contribution >= 0.6 is 0 Å². The summed E-state index contributed by atoms with van der Waals surface area (Å²) in [6.07, 6.45) is 2.22. The second-order valence-electron chi connectivity index (χ2n) is 4.68. The molecule has 1 heterocycles. The van der Waals surface area contributed by atoms with Gasteiger partial charge in [-0.25, -0.2) is 0 Å². The number of hydrogen-bond acceptors (Lipinski definition) is 3. The molecule has 1 saturated heterocycles. The standard InChI is InChI=1S/C12H24N2O2/c1-10(9-16-3)11-4-6-14(7-5-11)12(15)8-13-2/h10-11,13H,4-9H2,1-3H3. The largest absolute Gasteiger partial charge is 0.384 e. The van der Waals surface area contributed by atoms with E-state index in [9.17, 15) is 4.79 Å². The summed E-state index contributed by atoms with van der Waals surface area (Å²) in [5.41, 5.74) is 0. The van der Waals surface area contributed by atoms with E-state index in [1.54, 1.807) is 7.11 Å². The molecule has 1 atom stereocenters. The molecule has 1 rings (SSSR count). The molecule has 0 aliphatic carbocycles. The molecular weight excluding hydrogens is 204 g/mol. The van der Waals surface area contributed by atoms with Crippen molar-refractivity contribution in [3.63, 3.8) is 0 Å². The van der Waals surface area contributed by atoms with Gasteiger partial charge in [0.05, 0.1) is 6.54 Å². The van der Waals surface area contributed by atoms with Crippen LogP contribution in [0.15, 0.2) is 0 Å². The molecule has 1 aliphatic rings. The van der Waals surface area contributed by atoms with Gasteiger partial charge in [0.15, 0.2) is 0 Å². The lowest BCUT2D eigenvalue weighted by Crippen LogP contribution is -2.43. The number of rotatable bonds is 5. The topological polar surface area (TPSA) is 41.6 Å². The molecule has 0 aromatic carbocycles. The third kappa shape index (κ3) is 3.76. The van der Waals surface area contributed by atoms with Gasteiger partial charge in [-0.05, 0) is 31.7 Å². The Bertz CT molecular complexity index is 213. The Morgan fingerprint density at radius 3 is 2.62 bits per heavy atom. The molecule has 0 radical (unpaired) electrons. The second-order valence-corrected chi connectivity index (χ2v) is 4.68. The summed E-state index contributed by atoms with van der Waals surface area (Å²) in [7, 11) is 3.56. The molecule has 0 spiro atoms. The van der Waals surface area contributed by atoms with Crippen LogP contribution in [0.3, 0.4) is 0 Å². The molecule has 4 nitrogen and oxygen atoms in total. The number of carbonyl (C=O) groups excluding carboxylic acids is 1. The Balaban J connectivity index is 2.30. The molecule has 1 unspecified atom stereocenters. The smallest absolute Gasteiger partial charge is 0.236 e. The number of ether oxygens (including phenoxy) is 1. The van der Waals surface area contributed by atoms with Gasteiger partial charge in [0.1, 0.15) is 0 Å². The molecule has 0 bridgehead atoms. The molecule has 0 aromatic heterocycles. The van der Waals surface area contributed by atoms with Crippen LogP contribution in [0.1, 0.15) is 19.8 Å². The Morgan fingerprint density at radius 1 is 1.50 bits per heavy atom. The fourth-order valence-electron chi connectivity index (χ4n) is 2.38. The lowest BCUT2D eigenvalue weighted by molar-refractivity contribution is -0.131. The maximum atomic E-state index is 11.6. The molecule has 1 amide bonds. The summed E-state index contributed by atoms with van der Waals surface area (Å²) in [4.78, 5) is 13.6. The lowest BCUT2D eigenvalue weighted by Gasteiger charge is -2.34. The third-order valence-corrected chi connectivity index (χ3v) is 3.45. The first-order valence-corrected chi connectivity index (χ1v) is 6.10. The number of amides is 1. The van der Waals surface area contributed by atoms with Gasteiger partial charge in [0.25, 0.3) is 0 Å². The molecule has 16 heavy (non-hydrogen) atoms. The number of likely N-dealkylation sites (N-methyl/N-ethyl adjacent to an activating group) is 1. The first-order valence-electron chi connectivity index (χ1n) is 6.10. The van der Waals surface area contributed by atoms with Gasteiger partial charge in [-0.15, -0.1) is 0 Å². The number of hydrogen-bond donors (Lipinski definition) is 1. The van der Waals surface area contributed by atoms with Crippen LogP contribution < -0.4 is 5.32 Å². The molecule has 4 heteroatoms. The zero-order chi connectivity index (χ0) is 12.0. The van der Waals surface area contributed by atoms with Gasteiger partial charge >= 0.3 is 0 Å². The van der Waals surface area contributed by atoms with E-state index >= 15 is 0 Å². The van der Waals surface area contributed by atoms with Crippen molar-refractivity contribution in [1.82, 2.24) is 10.2 Å². The second kappa shape index (κ2) is 6.86. The van der Waals surface area contributed by atoms with Gasteiger partial charge in [0.2, 0.25) is 5.91 Å². The monoisotopic (exact) mass is 228 g/mol. The van der Waals surface area contributed by atoms with E-state index in [1.807, 2.05) is 11.9 Å². The highest BCUT2D eigenvalue weighted by Gasteiger charge is 2.25. The Kier molecular flexibility index (Phi) is 5.77. The summed E-state index contributed by atoms with van der Waals surface area (Å²) in [5.74, 6) is 1.53. The summed E-state index contributed by atoms with van der Waals surface area (Å²) >= 11 is 0. The van der Waals surface area contributed by atoms with Crippen LogP contribution in [-0.2, 0) is 9.53 Å². The lowest BCUT2D eigenvalue weighted by atomic mass is 9.86. The van der Waals surface area contributed by atoms with Gasteiger partial charge < -0.3 is 15.0 Å². The number of carbonyl (C=O) groups is 1. The number of piperidine rings is 1. The van der Waals surface area contributed by atoms with Crippen molar-refractivity contribution in [2.45, 2.75) is 19.8 Å². The maximum absolute atomic E-state index is 11.6. The van der Waals surface area contributed by atoms with E-state index in [1.165, 1.54) is 0 Å². The van der Waals surface area contributed by atoms with Gasteiger partial charge in [-0.3, -0.25) is 4.79 Å². The van der Waals surface area contributed by atoms with Crippen LogP contribution in [-0.4, -0.2) is 51.2 Å². The highest BCUT2D eigenvalue weighted by Crippen LogP contribution is 2.24. The van der Waals surface area contributed by atoms with Crippen LogP contribution in [0.5, 0.6) is 0 Å². The van der Waals surface area contributed by atoms with Crippen molar-refractivity contribution in [1.29, 1.82) is 0 Å². The molecular formula is C12H24N2O2. The predicted molar refractivity (Wildman–Crippen MR) is 64.3 cm³/mol. The summed E-state index contributed by atoms with van der Waals surface area (Å²) in [6, 6.07) is 0. The van der Waals surface area contributed by atoms with Crippen molar-refractivity contribution in [3.8, 4) is 0 Å². The maximum Gasteiger partial charge on any atom is 0.236 e. The molecule has 94 valence electrons. The van der Waals surface area contributed by atoms with E-state index < -0.39 is 0 Å². The number of likely N-dealkylation sites (tertiary alicyclic amines) is 1. The Hall–Kier alpha value is -0.610. The molecule has 0 saturated carbocycles. The summed E-state index contributed by atoms with van der Waals surface area (Å²) in [5, 5.41) is 2.91. The summed E-state index contributed by atoms with van der Waals surface area (Å²) in [6.45, 7) is 5.32. The Morgan fingerprint density at radius 2 is 2.12 bits per heavy atom. The van der Waals surface area contributed by atoms with Crippen molar-refractivity contribution in [3.05, 3.63) is 0 Å². The first-order chi connectivity index (χ1) is 7.69. The van der Waals surface area contributed by atoms with Gasteiger partial charge in [-0.1, -0.05) is 6.92 Å². The molecule has 1 fully saturated rings. The van der Waals surface area contributed by atoms with Crippen LogP contribution in [0.25, 0.3) is 0 Å². The van der Waals surface area contributed by atoms with E-state index in [4.69, 9.17) is 4.74 Å². The van der Waals surface area contributed by atoms with E-state index in [0.29, 0.717) is 18.4 Å². The highest BCUT2D eigenvalue weighted by atomic mass is 16.5. The van der Waals surface area contributed by atoms with Crippen molar-refractivity contribution in [2.75, 3.05) is 40.4 Å². The van der Waals surface area contributed by atoms with Crippen LogP contribution in [0.2, 0.25) is 0 Å². The predicted octanol–water partition coefficient (Wildman–Crippen LogP) is 0.727. The average Bonchev–Trinajstić information content (AvgIpc) is 2.30. The first kappa shape index (κ1) is 13.5. The molecule has 1 N–H and O–H groups in total. The average molecular weight is 228 g/mol. The third-order valence-electron chi connectivity index (χ3n) is 3.45. The van der Waals surface area contributed by atoms with E-state index in [0.717, 1.165) is 32.5 Å². The normalized spacial score (nSPS) is 19.8. The number of methoxy groups -OCH3 is 1. The summed E-state index contributed by atoms with van der Waals surface area (Å²) < 4.78 is 5.18. The van der Waals surface area contributed by atoms with E-state index in [2.05, 4.69) is 12.2 Å². The van der Waals surface area contributed by atoms with E-state index in [-0.39, 0.29) is 5.91 Å². The fourth-order valence-corrected chi connectivity index (χ4v) is 2.38.